The molecule has 1 aliphatic heterocycles. The van der Waals surface area contributed by atoms with Crippen LogP contribution < -0.4 is 4.74 Å². The number of nitrogens with zero attached hydrogens (tertiary/aromatic N) is 1. The van der Waals surface area contributed by atoms with Crippen molar-refractivity contribution in [1.29, 1.82) is 0 Å². The SMILES string of the molecule is O=[N+]([O-])c1ccc(OCCCC2CCCO2)c(CCl)c1. The fraction of sp³-hybridized carbons (Fsp3) is 0.571. The molecule has 0 radical (unpaired) electrons. The predicted molar refractivity (Wildman–Crippen MR) is 76.4 cm³/mol. The number of halogens is 1. The van der Waals surface area contributed by atoms with Crippen LogP contribution >= 0.6 is 11.6 Å². The van der Waals surface area contributed by atoms with Gasteiger partial charge in [0.2, 0.25) is 0 Å². The molecule has 1 atom stereocenters. The zero-order valence-electron chi connectivity index (χ0n) is 11.2. The minimum absolute atomic E-state index is 0.0346. The number of nitro groups is 1. The Balaban J connectivity index is 1.83. The average molecular weight is 300 g/mol. The lowest BCUT2D eigenvalue weighted by Crippen LogP contribution is -2.08. The maximum absolute atomic E-state index is 10.7. The molecule has 1 heterocycles. The van der Waals surface area contributed by atoms with Crippen molar-refractivity contribution >= 4 is 17.3 Å². The summed E-state index contributed by atoms with van der Waals surface area (Å²) in [6.07, 6.45) is 4.53. The Kier molecular flexibility index (Phi) is 5.61. The first-order valence-corrected chi connectivity index (χ1v) is 7.32. The molecule has 6 heteroatoms. The summed E-state index contributed by atoms with van der Waals surface area (Å²) in [5.41, 5.74) is 0.685. The zero-order chi connectivity index (χ0) is 14.4. The van der Waals surface area contributed by atoms with E-state index in [-0.39, 0.29) is 11.6 Å². The molecule has 20 heavy (non-hydrogen) atoms. The van der Waals surface area contributed by atoms with Crippen LogP contribution in [0.25, 0.3) is 0 Å². The lowest BCUT2D eigenvalue weighted by atomic mass is 10.1. The van der Waals surface area contributed by atoms with Crippen LogP contribution in [-0.4, -0.2) is 24.2 Å². The van der Waals surface area contributed by atoms with Gasteiger partial charge in [0.15, 0.2) is 0 Å². The number of nitro benzene ring substituents is 1. The molecular weight excluding hydrogens is 282 g/mol. The van der Waals surface area contributed by atoms with Gasteiger partial charge in [-0.05, 0) is 31.7 Å². The second kappa shape index (κ2) is 7.45. The molecule has 0 N–H and O–H groups in total. The van der Waals surface area contributed by atoms with Gasteiger partial charge in [0.05, 0.1) is 23.5 Å². The number of ether oxygens (including phenoxy) is 2. The van der Waals surface area contributed by atoms with Gasteiger partial charge in [-0.15, -0.1) is 11.6 Å². The topological polar surface area (TPSA) is 61.6 Å². The van der Waals surface area contributed by atoms with E-state index in [0.29, 0.717) is 24.0 Å². The van der Waals surface area contributed by atoms with Crippen molar-refractivity contribution in [2.45, 2.75) is 37.7 Å². The van der Waals surface area contributed by atoms with E-state index in [9.17, 15) is 10.1 Å². The molecule has 0 amide bonds. The molecular formula is C14H18ClNO4. The summed E-state index contributed by atoms with van der Waals surface area (Å²) in [5.74, 6) is 0.820. The van der Waals surface area contributed by atoms with Crippen molar-refractivity contribution in [2.24, 2.45) is 0 Å². The Morgan fingerprint density at radius 3 is 3.00 bits per heavy atom. The second-order valence-electron chi connectivity index (χ2n) is 4.81. The van der Waals surface area contributed by atoms with Crippen molar-refractivity contribution in [3.8, 4) is 5.75 Å². The van der Waals surface area contributed by atoms with Crippen molar-refractivity contribution in [3.05, 3.63) is 33.9 Å². The van der Waals surface area contributed by atoms with E-state index >= 15 is 0 Å². The van der Waals surface area contributed by atoms with Gasteiger partial charge in [0, 0.05) is 24.3 Å². The summed E-state index contributed by atoms with van der Waals surface area (Å²) >= 11 is 5.80. The highest BCUT2D eigenvalue weighted by atomic mass is 35.5. The van der Waals surface area contributed by atoms with Crippen LogP contribution in [0.1, 0.15) is 31.2 Å². The molecule has 1 unspecified atom stereocenters. The third-order valence-corrected chi connectivity index (χ3v) is 3.64. The smallest absolute Gasteiger partial charge is 0.270 e. The minimum Gasteiger partial charge on any atom is -0.493 e. The monoisotopic (exact) mass is 299 g/mol. The molecule has 1 fully saturated rings. The van der Waals surface area contributed by atoms with Crippen molar-refractivity contribution in [3.63, 3.8) is 0 Å². The van der Waals surface area contributed by atoms with E-state index in [1.165, 1.54) is 12.1 Å². The van der Waals surface area contributed by atoms with Crippen molar-refractivity contribution in [1.82, 2.24) is 0 Å². The number of hydrogen-bond acceptors (Lipinski definition) is 4. The molecule has 0 aliphatic carbocycles. The highest BCUT2D eigenvalue weighted by Crippen LogP contribution is 2.26. The predicted octanol–water partition coefficient (Wildman–Crippen LogP) is 3.67. The molecule has 110 valence electrons. The molecule has 1 aliphatic rings. The van der Waals surface area contributed by atoms with Crippen LogP contribution in [-0.2, 0) is 10.6 Å². The Morgan fingerprint density at radius 1 is 1.50 bits per heavy atom. The third kappa shape index (κ3) is 4.08. The third-order valence-electron chi connectivity index (χ3n) is 3.35. The van der Waals surface area contributed by atoms with E-state index in [2.05, 4.69) is 0 Å². The van der Waals surface area contributed by atoms with Gasteiger partial charge in [-0.3, -0.25) is 10.1 Å². The van der Waals surface area contributed by atoms with Gasteiger partial charge >= 0.3 is 0 Å². The highest BCUT2D eigenvalue weighted by molar-refractivity contribution is 6.17. The zero-order valence-corrected chi connectivity index (χ0v) is 12.0. The number of hydrogen-bond donors (Lipinski definition) is 0. The molecule has 1 aromatic rings. The van der Waals surface area contributed by atoms with Gasteiger partial charge in [-0.1, -0.05) is 0 Å². The Morgan fingerprint density at radius 2 is 2.35 bits per heavy atom. The summed E-state index contributed by atoms with van der Waals surface area (Å²) in [6.45, 7) is 1.44. The maximum Gasteiger partial charge on any atom is 0.270 e. The first-order chi connectivity index (χ1) is 9.70. The molecule has 0 bridgehead atoms. The van der Waals surface area contributed by atoms with Crippen LogP contribution in [0.15, 0.2) is 18.2 Å². The number of benzene rings is 1. The Bertz CT molecular complexity index is 460. The minimum atomic E-state index is -0.433. The fourth-order valence-electron chi connectivity index (χ4n) is 2.29. The van der Waals surface area contributed by atoms with Gasteiger partial charge in [-0.25, -0.2) is 0 Å². The van der Waals surface area contributed by atoms with E-state index in [1.54, 1.807) is 6.07 Å². The summed E-state index contributed by atoms with van der Waals surface area (Å²) in [4.78, 5) is 10.3. The summed E-state index contributed by atoms with van der Waals surface area (Å²) in [6, 6.07) is 4.51. The molecule has 0 spiro atoms. The number of alkyl halides is 1. The first kappa shape index (κ1) is 15.1. The molecule has 5 nitrogen and oxygen atoms in total. The van der Waals surface area contributed by atoms with Crippen LogP contribution in [0, 0.1) is 10.1 Å². The van der Waals surface area contributed by atoms with Crippen LogP contribution in [0.4, 0.5) is 5.69 Å². The average Bonchev–Trinajstić information content (AvgIpc) is 2.96. The van der Waals surface area contributed by atoms with E-state index in [1.807, 2.05) is 0 Å². The van der Waals surface area contributed by atoms with E-state index in [4.69, 9.17) is 21.1 Å². The maximum atomic E-state index is 10.7. The Labute approximate surface area is 123 Å². The molecule has 1 aromatic carbocycles. The number of non-ortho nitro benzene ring substituents is 1. The van der Waals surface area contributed by atoms with Crippen LogP contribution in [0.3, 0.4) is 0 Å². The summed E-state index contributed by atoms with van der Waals surface area (Å²) in [7, 11) is 0. The van der Waals surface area contributed by atoms with Crippen molar-refractivity contribution < 1.29 is 14.4 Å². The second-order valence-corrected chi connectivity index (χ2v) is 5.08. The number of rotatable bonds is 7. The van der Waals surface area contributed by atoms with Crippen molar-refractivity contribution in [2.75, 3.05) is 13.2 Å². The standard InChI is InChI=1S/C14H18ClNO4/c15-10-11-9-12(16(17)18)5-6-14(11)20-8-2-4-13-3-1-7-19-13/h5-6,9,13H,1-4,7-8,10H2. The molecule has 1 saturated heterocycles. The summed E-state index contributed by atoms with van der Waals surface area (Å²) in [5, 5.41) is 10.7. The summed E-state index contributed by atoms with van der Waals surface area (Å²) < 4.78 is 11.2. The van der Waals surface area contributed by atoms with Gasteiger partial charge in [-0.2, -0.15) is 0 Å². The largest absolute Gasteiger partial charge is 0.493 e. The van der Waals surface area contributed by atoms with Crippen LogP contribution in [0.2, 0.25) is 0 Å². The molecule has 0 aromatic heterocycles. The molecule has 2 rings (SSSR count). The lowest BCUT2D eigenvalue weighted by Gasteiger charge is -2.12. The quantitative estimate of drug-likeness (QED) is 0.333. The van der Waals surface area contributed by atoms with Gasteiger partial charge in [0.25, 0.3) is 5.69 Å². The first-order valence-electron chi connectivity index (χ1n) is 6.78. The highest BCUT2D eigenvalue weighted by Gasteiger charge is 2.15. The molecule has 0 saturated carbocycles. The van der Waals surface area contributed by atoms with Crippen LogP contribution in [0.5, 0.6) is 5.75 Å². The van der Waals surface area contributed by atoms with Gasteiger partial charge in [0.1, 0.15) is 5.75 Å². The van der Waals surface area contributed by atoms with E-state index < -0.39 is 4.92 Å². The Hall–Kier alpha value is -1.33. The fourth-order valence-corrected chi connectivity index (χ4v) is 2.50. The lowest BCUT2D eigenvalue weighted by molar-refractivity contribution is -0.384. The normalized spacial score (nSPS) is 18.1. The van der Waals surface area contributed by atoms with Gasteiger partial charge < -0.3 is 9.47 Å². The van der Waals surface area contributed by atoms with E-state index in [0.717, 1.165) is 32.3 Å².